The largest absolute Gasteiger partial charge is 0.508 e. The van der Waals surface area contributed by atoms with Gasteiger partial charge in [-0.05, 0) is 44.0 Å². The number of amides is 1. The molecule has 1 aromatic carbocycles. The number of aromatic hydroxyl groups is 1. The number of aliphatic hydroxyl groups is 3. The van der Waals surface area contributed by atoms with Crippen LogP contribution in [0, 0.1) is 17.8 Å². The molecule has 0 aliphatic heterocycles. The highest BCUT2D eigenvalue weighted by atomic mass is 32.2. The molecule has 37 heavy (non-hydrogen) atoms. The summed E-state index contributed by atoms with van der Waals surface area (Å²) in [7, 11) is 3.11. The minimum Gasteiger partial charge on any atom is -0.508 e. The molecule has 7 N–H and O–H groups in total. The number of nitrogens with zero attached hydrogens (tertiary/aromatic N) is 1. The van der Waals surface area contributed by atoms with Crippen LogP contribution in [0.3, 0.4) is 0 Å². The number of fused-ring (bicyclic) bond motifs is 3. The monoisotopic (exact) mass is 534 g/mol. The number of hydrogen-bond acceptors (Lipinski definition) is 10. The van der Waals surface area contributed by atoms with Crippen molar-refractivity contribution in [2.75, 3.05) is 25.6 Å². The third kappa shape index (κ3) is 4.12. The molecule has 0 spiro atoms. The SMILES string of the molecule is CN(C)[C@@H]1C(=O)C(C(N)=O)=C(O)[C@@]2(O)C(O)C3C(=O)c4c(O)cccc4[C@H](CSCCC(=O)O)C3CC12. The van der Waals surface area contributed by atoms with Crippen molar-refractivity contribution in [3.8, 4) is 5.75 Å². The summed E-state index contributed by atoms with van der Waals surface area (Å²) in [5, 5.41) is 53.9. The van der Waals surface area contributed by atoms with E-state index in [0.29, 0.717) is 17.1 Å². The number of aliphatic hydroxyl groups excluding tert-OH is 2. The van der Waals surface area contributed by atoms with Gasteiger partial charge in [0.05, 0.1) is 23.9 Å². The first kappa shape index (κ1) is 27.1. The number of carbonyl (C=O) groups excluding carboxylic acids is 3. The Hall–Kier alpha value is -2.93. The summed E-state index contributed by atoms with van der Waals surface area (Å²) in [4.78, 5) is 51.5. The Bertz CT molecular complexity index is 1200. The molecular weight excluding hydrogens is 504 g/mol. The van der Waals surface area contributed by atoms with E-state index < -0.39 is 76.2 Å². The van der Waals surface area contributed by atoms with E-state index in [2.05, 4.69) is 0 Å². The highest BCUT2D eigenvalue weighted by Crippen LogP contribution is 2.57. The van der Waals surface area contributed by atoms with Crippen molar-refractivity contribution in [3.05, 3.63) is 40.7 Å². The van der Waals surface area contributed by atoms with Crippen molar-refractivity contribution in [2.24, 2.45) is 23.5 Å². The van der Waals surface area contributed by atoms with Gasteiger partial charge in [0.1, 0.15) is 23.2 Å². The molecule has 1 fully saturated rings. The van der Waals surface area contributed by atoms with Crippen molar-refractivity contribution >= 4 is 35.2 Å². The molecule has 0 saturated heterocycles. The molecule has 0 radical (unpaired) electrons. The number of hydrogen-bond donors (Lipinski definition) is 6. The summed E-state index contributed by atoms with van der Waals surface area (Å²) >= 11 is 1.34. The van der Waals surface area contributed by atoms with Crippen molar-refractivity contribution in [2.45, 2.75) is 36.5 Å². The van der Waals surface area contributed by atoms with Crippen molar-refractivity contribution in [1.29, 1.82) is 0 Å². The quantitative estimate of drug-likeness (QED) is 0.204. The lowest BCUT2D eigenvalue weighted by Gasteiger charge is -2.56. The van der Waals surface area contributed by atoms with Gasteiger partial charge in [0.25, 0.3) is 5.91 Å². The number of thioether (sulfide) groups is 1. The predicted octanol–water partition coefficient (Wildman–Crippen LogP) is 0.0346. The topological polar surface area (TPSA) is 199 Å². The molecular formula is C25H30N2O9S. The highest BCUT2D eigenvalue weighted by Gasteiger charge is 2.66. The van der Waals surface area contributed by atoms with Crippen LogP contribution in [0.15, 0.2) is 29.5 Å². The number of primary amides is 1. The van der Waals surface area contributed by atoms with Crippen LogP contribution in [0.2, 0.25) is 0 Å². The zero-order valence-corrected chi connectivity index (χ0v) is 21.1. The molecule has 200 valence electrons. The molecule has 0 heterocycles. The third-order valence-corrected chi connectivity index (χ3v) is 9.04. The van der Waals surface area contributed by atoms with Gasteiger partial charge in [0.15, 0.2) is 17.2 Å². The number of likely N-dealkylation sites (N-methyl/N-ethyl adjacent to an activating group) is 1. The molecule has 0 aromatic heterocycles. The Kier molecular flexibility index (Phi) is 7.14. The van der Waals surface area contributed by atoms with Crippen LogP contribution in [0.5, 0.6) is 5.75 Å². The third-order valence-electron chi connectivity index (χ3n) is 7.96. The lowest BCUT2D eigenvalue weighted by Crippen LogP contribution is -2.70. The van der Waals surface area contributed by atoms with Gasteiger partial charge in [0, 0.05) is 17.4 Å². The van der Waals surface area contributed by atoms with E-state index in [1.165, 1.54) is 22.7 Å². The number of rotatable bonds is 7. The van der Waals surface area contributed by atoms with Crippen LogP contribution in [-0.4, -0.2) is 97.2 Å². The van der Waals surface area contributed by atoms with Gasteiger partial charge in [-0.25, -0.2) is 0 Å². The molecule has 3 aliphatic carbocycles. The first-order chi connectivity index (χ1) is 17.3. The van der Waals surface area contributed by atoms with Crippen LogP contribution in [0.25, 0.3) is 0 Å². The summed E-state index contributed by atoms with van der Waals surface area (Å²) in [6.45, 7) is 0. The van der Waals surface area contributed by atoms with Gasteiger partial charge in [-0.15, -0.1) is 0 Å². The van der Waals surface area contributed by atoms with Crippen LogP contribution in [0.4, 0.5) is 0 Å². The number of benzene rings is 1. The predicted molar refractivity (Wildman–Crippen MR) is 132 cm³/mol. The minimum atomic E-state index is -2.52. The summed E-state index contributed by atoms with van der Waals surface area (Å²) < 4.78 is 0. The number of ketones is 2. The van der Waals surface area contributed by atoms with E-state index in [-0.39, 0.29) is 24.2 Å². The molecule has 0 bridgehead atoms. The molecule has 1 amide bonds. The maximum Gasteiger partial charge on any atom is 0.304 e. The molecule has 1 aromatic rings. The van der Waals surface area contributed by atoms with E-state index in [1.54, 1.807) is 26.2 Å². The van der Waals surface area contributed by atoms with E-state index in [4.69, 9.17) is 10.8 Å². The van der Waals surface area contributed by atoms with Crippen molar-refractivity contribution < 1.29 is 44.7 Å². The number of phenols is 1. The Morgan fingerprint density at radius 2 is 1.86 bits per heavy atom. The Morgan fingerprint density at radius 3 is 2.46 bits per heavy atom. The Morgan fingerprint density at radius 1 is 1.19 bits per heavy atom. The summed E-state index contributed by atoms with van der Waals surface area (Å²) in [5.41, 5.74) is 2.54. The van der Waals surface area contributed by atoms with Crippen molar-refractivity contribution in [1.82, 2.24) is 4.90 Å². The smallest absolute Gasteiger partial charge is 0.304 e. The van der Waals surface area contributed by atoms with E-state index in [1.807, 2.05) is 0 Å². The number of nitrogens with two attached hydrogens (primary N) is 1. The summed E-state index contributed by atoms with van der Waals surface area (Å²) in [6.07, 6.45) is -1.98. The maximum absolute atomic E-state index is 13.7. The highest BCUT2D eigenvalue weighted by molar-refractivity contribution is 7.99. The number of carboxylic acids is 1. The average Bonchev–Trinajstić information content (AvgIpc) is 2.80. The van der Waals surface area contributed by atoms with Crippen LogP contribution in [-0.2, 0) is 14.4 Å². The second-order valence-corrected chi connectivity index (χ2v) is 11.2. The van der Waals surface area contributed by atoms with Gasteiger partial charge >= 0.3 is 5.97 Å². The minimum absolute atomic E-state index is 0.0108. The summed E-state index contributed by atoms with van der Waals surface area (Å²) in [5.74, 6) is -7.76. The lowest BCUT2D eigenvalue weighted by atomic mass is 9.52. The standard InChI is InChI=1S/C25H30N2O9S/c1-27(2)19-13-8-11-12(9-37-7-6-15(29)30)10-4-3-5-14(28)16(10)20(31)17(11)22(33)25(13,36)23(34)18(21(19)32)24(26)35/h3-5,11-13,17,19,22,28,33-34,36H,6-9H2,1-2H3,(H2,26,35)(H,29,30)/t11?,12-,13?,17?,19-,22?,25-/m0/s1. The van der Waals surface area contributed by atoms with Gasteiger partial charge in [-0.3, -0.25) is 24.1 Å². The molecule has 1 saturated carbocycles. The fourth-order valence-corrected chi connectivity index (χ4v) is 7.55. The van der Waals surface area contributed by atoms with E-state index >= 15 is 0 Å². The van der Waals surface area contributed by atoms with Crippen LogP contribution < -0.4 is 5.73 Å². The van der Waals surface area contributed by atoms with Gasteiger partial charge in [-0.2, -0.15) is 11.8 Å². The molecule has 11 nitrogen and oxygen atoms in total. The first-order valence-electron chi connectivity index (χ1n) is 11.8. The lowest BCUT2D eigenvalue weighted by molar-refractivity contribution is -0.185. The van der Waals surface area contributed by atoms with Gasteiger partial charge < -0.3 is 31.3 Å². The molecule has 4 unspecified atom stereocenters. The molecule has 4 rings (SSSR count). The zero-order valence-electron chi connectivity index (χ0n) is 20.3. The summed E-state index contributed by atoms with van der Waals surface area (Å²) in [6, 6.07) is 3.49. The van der Waals surface area contributed by atoms with E-state index in [9.17, 15) is 39.6 Å². The fraction of sp³-hybridized carbons (Fsp3) is 0.520. The molecule has 12 heteroatoms. The van der Waals surface area contributed by atoms with Crippen LogP contribution >= 0.6 is 11.8 Å². The zero-order chi connectivity index (χ0) is 27.4. The van der Waals surface area contributed by atoms with Crippen molar-refractivity contribution in [3.63, 3.8) is 0 Å². The number of Topliss-reactive ketones (excluding diaryl/α,β-unsaturated/α-hetero) is 2. The second-order valence-electron chi connectivity index (χ2n) is 10.1. The second kappa shape index (κ2) is 9.75. The Balaban J connectivity index is 1.86. The first-order valence-corrected chi connectivity index (χ1v) is 13.0. The van der Waals surface area contributed by atoms with E-state index in [0.717, 1.165) is 0 Å². The van der Waals surface area contributed by atoms with Gasteiger partial charge in [0.2, 0.25) is 0 Å². The number of phenolic OH excluding ortho intramolecular Hbond substituents is 1. The molecule has 3 aliphatic rings. The van der Waals surface area contributed by atoms with Gasteiger partial charge in [-0.1, -0.05) is 12.1 Å². The Labute approximate surface area is 216 Å². The van der Waals surface area contributed by atoms with Crippen LogP contribution in [0.1, 0.15) is 34.7 Å². The average molecular weight is 535 g/mol. The maximum atomic E-state index is 13.7. The number of carbonyl (C=O) groups is 4. The number of aliphatic carboxylic acids is 1. The number of carboxylic acid groups (broad SMARTS) is 1. The molecule has 7 atom stereocenters. The fourth-order valence-electron chi connectivity index (χ4n) is 6.38. The normalized spacial score (nSPS) is 33.1.